The van der Waals surface area contributed by atoms with Crippen molar-refractivity contribution in [2.45, 2.75) is 52.1 Å². The van der Waals surface area contributed by atoms with Crippen molar-refractivity contribution in [1.82, 2.24) is 14.6 Å². The first-order valence-corrected chi connectivity index (χ1v) is 11.9. The van der Waals surface area contributed by atoms with Crippen LogP contribution in [0.25, 0.3) is 5.65 Å². The Morgan fingerprint density at radius 3 is 2.39 bits per heavy atom. The van der Waals surface area contributed by atoms with Gasteiger partial charge < -0.3 is 14.7 Å². The minimum absolute atomic E-state index is 0.166. The Hall–Kier alpha value is -2.93. The van der Waals surface area contributed by atoms with Gasteiger partial charge in [0.15, 0.2) is 11.5 Å². The van der Waals surface area contributed by atoms with Crippen molar-refractivity contribution < 1.29 is 14.6 Å². The molecule has 1 saturated carbocycles. The monoisotopic (exact) mass is 450 g/mol. The Kier molecular flexibility index (Phi) is 6.70. The van der Waals surface area contributed by atoms with E-state index in [1.165, 1.54) is 12.1 Å². The van der Waals surface area contributed by atoms with Crippen LogP contribution in [0, 0.1) is 11.3 Å². The standard InChI is InChI=1S/C18H22N4O3.C6H6.C2H6/c1-12-4-5-21(7-12)13-2-3-14-19-16(20-22(14)8-13)18-9-17(10-18,11-25-18)6-15(23)24;1-2-4-6-5-3-1;1-2/h2-3,8,12H,4-7,9-11H2,1H3,(H,23,24);1-6H;1-2H3. The van der Waals surface area contributed by atoms with Crippen molar-refractivity contribution in [1.29, 1.82) is 0 Å². The minimum atomic E-state index is -0.758. The zero-order valence-electron chi connectivity index (χ0n) is 19.8. The predicted octanol–water partition coefficient (Wildman–Crippen LogP) is 4.77. The maximum atomic E-state index is 11.1. The highest BCUT2D eigenvalue weighted by atomic mass is 16.5. The lowest BCUT2D eigenvalue weighted by Gasteiger charge is -2.41. The first-order chi connectivity index (χ1) is 16.0. The van der Waals surface area contributed by atoms with Crippen molar-refractivity contribution in [3.05, 3.63) is 60.6 Å². The topological polar surface area (TPSA) is 80.0 Å². The van der Waals surface area contributed by atoms with Crippen LogP contribution in [-0.2, 0) is 15.1 Å². The van der Waals surface area contributed by atoms with Gasteiger partial charge in [0, 0.05) is 18.5 Å². The number of ether oxygens (including phenoxy) is 1. The molecule has 176 valence electrons. The first-order valence-electron chi connectivity index (χ1n) is 11.9. The number of aliphatic carboxylic acids is 1. The molecule has 4 fully saturated rings. The summed E-state index contributed by atoms with van der Waals surface area (Å²) in [6.07, 6.45) is 4.85. The van der Waals surface area contributed by atoms with Gasteiger partial charge in [0.25, 0.3) is 0 Å². The second kappa shape index (κ2) is 9.51. The van der Waals surface area contributed by atoms with Crippen LogP contribution in [0.1, 0.15) is 52.3 Å². The van der Waals surface area contributed by atoms with E-state index in [-0.39, 0.29) is 11.8 Å². The predicted molar refractivity (Wildman–Crippen MR) is 128 cm³/mol. The number of fused-ring (bicyclic) bond motifs is 2. The molecule has 1 N–H and O–H groups in total. The van der Waals surface area contributed by atoms with E-state index in [9.17, 15) is 4.79 Å². The van der Waals surface area contributed by atoms with Crippen LogP contribution >= 0.6 is 0 Å². The van der Waals surface area contributed by atoms with Gasteiger partial charge in [0.1, 0.15) is 5.60 Å². The highest BCUT2D eigenvalue weighted by Gasteiger charge is 2.65. The van der Waals surface area contributed by atoms with Crippen LogP contribution in [0.4, 0.5) is 5.69 Å². The summed E-state index contributed by atoms with van der Waals surface area (Å²) in [5, 5.41) is 13.8. The molecule has 0 spiro atoms. The molecule has 1 aliphatic carbocycles. The minimum Gasteiger partial charge on any atom is -0.481 e. The number of carboxylic acids is 1. The van der Waals surface area contributed by atoms with Gasteiger partial charge in [-0.15, -0.1) is 5.10 Å². The molecule has 5 heterocycles. The lowest BCUT2D eigenvalue weighted by molar-refractivity contribution is -0.141. The largest absolute Gasteiger partial charge is 0.481 e. The molecule has 2 aromatic heterocycles. The summed E-state index contributed by atoms with van der Waals surface area (Å²) in [7, 11) is 0. The summed E-state index contributed by atoms with van der Waals surface area (Å²) in [5.74, 6) is 0.662. The third kappa shape index (κ3) is 4.74. The summed E-state index contributed by atoms with van der Waals surface area (Å²) in [4.78, 5) is 18.1. The number of rotatable bonds is 4. The van der Waals surface area contributed by atoms with E-state index in [2.05, 4.69) is 28.0 Å². The molecule has 7 heteroatoms. The first kappa shape index (κ1) is 23.2. The van der Waals surface area contributed by atoms with Crippen LogP contribution in [0.2, 0.25) is 0 Å². The van der Waals surface area contributed by atoms with Crippen molar-refractivity contribution >= 4 is 17.3 Å². The maximum absolute atomic E-state index is 11.1. The lowest BCUT2D eigenvalue weighted by Crippen LogP contribution is -2.43. The summed E-state index contributed by atoms with van der Waals surface area (Å²) in [6.45, 7) is 8.94. The lowest BCUT2D eigenvalue weighted by atomic mass is 9.60. The SMILES string of the molecule is CC.CC1CCN(c2ccc3nc(C45CC(CC(=O)O)(CO4)C5)nn3c2)C1.c1ccccc1. The molecule has 3 aromatic rings. The fraction of sp³-hybridized carbons (Fsp3) is 0.500. The normalized spacial score (nSPS) is 27.2. The van der Waals surface area contributed by atoms with Crippen molar-refractivity contribution in [3.8, 4) is 0 Å². The molecule has 1 atom stereocenters. The summed E-state index contributed by atoms with van der Waals surface area (Å²) in [5.41, 5.74) is 1.28. The number of hydrogen-bond donors (Lipinski definition) is 1. The Bertz CT molecular complexity index is 1050. The molecule has 0 amide bonds. The van der Waals surface area contributed by atoms with Gasteiger partial charge in [-0.3, -0.25) is 4.79 Å². The number of nitrogens with zero attached hydrogens (tertiary/aromatic N) is 4. The summed E-state index contributed by atoms with van der Waals surface area (Å²) in [6, 6.07) is 16.1. The molecule has 4 aliphatic rings. The highest BCUT2D eigenvalue weighted by Crippen LogP contribution is 2.63. The number of anilines is 1. The van der Waals surface area contributed by atoms with E-state index in [0.29, 0.717) is 25.3 Å². The molecular weight excluding hydrogens is 416 g/mol. The number of benzene rings is 1. The smallest absolute Gasteiger partial charge is 0.303 e. The molecule has 1 aromatic carbocycles. The number of carboxylic acid groups (broad SMARTS) is 1. The molecule has 3 saturated heterocycles. The fourth-order valence-corrected chi connectivity index (χ4v) is 5.18. The molecule has 3 aliphatic heterocycles. The van der Waals surface area contributed by atoms with E-state index < -0.39 is 11.6 Å². The van der Waals surface area contributed by atoms with Crippen LogP contribution in [0.15, 0.2) is 54.7 Å². The summed E-state index contributed by atoms with van der Waals surface area (Å²) < 4.78 is 7.80. The Morgan fingerprint density at radius 1 is 1.15 bits per heavy atom. The molecular formula is C26H34N4O3. The van der Waals surface area contributed by atoms with Gasteiger partial charge >= 0.3 is 5.97 Å². The van der Waals surface area contributed by atoms with Gasteiger partial charge in [-0.25, -0.2) is 9.50 Å². The van der Waals surface area contributed by atoms with E-state index in [1.54, 1.807) is 0 Å². The number of carbonyl (C=O) groups is 1. The Labute approximate surface area is 195 Å². The molecule has 0 radical (unpaired) electrons. The summed E-state index contributed by atoms with van der Waals surface area (Å²) >= 11 is 0. The molecule has 7 nitrogen and oxygen atoms in total. The van der Waals surface area contributed by atoms with E-state index >= 15 is 0 Å². The Morgan fingerprint density at radius 2 is 1.82 bits per heavy atom. The molecule has 33 heavy (non-hydrogen) atoms. The van der Waals surface area contributed by atoms with Crippen LogP contribution in [-0.4, -0.2) is 45.4 Å². The van der Waals surface area contributed by atoms with E-state index in [1.807, 2.05) is 67.0 Å². The van der Waals surface area contributed by atoms with Gasteiger partial charge in [-0.05, 0) is 37.3 Å². The highest BCUT2D eigenvalue weighted by molar-refractivity contribution is 5.68. The van der Waals surface area contributed by atoms with Crippen molar-refractivity contribution in [3.63, 3.8) is 0 Å². The third-order valence-corrected chi connectivity index (χ3v) is 6.68. The second-order valence-electron chi connectivity index (χ2n) is 9.33. The van der Waals surface area contributed by atoms with E-state index in [0.717, 1.165) is 24.7 Å². The van der Waals surface area contributed by atoms with Crippen molar-refractivity contribution in [2.24, 2.45) is 11.3 Å². The quantitative estimate of drug-likeness (QED) is 0.617. The maximum Gasteiger partial charge on any atom is 0.303 e. The number of aromatic nitrogens is 3. The van der Waals surface area contributed by atoms with Crippen molar-refractivity contribution in [2.75, 3.05) is 24.6 Å². The molecule has 2 bridgehead atoms. The molecule has 1 unspecified atom stereocenters. The van der Waals surface area contributed by atoms with Crippen LogP contribution in [0.5, 0.6) is 0 Å². The van der Waals surface area contributed by atoms with Crippen LogP contribution in [0.3, 0.4) is 0 Å². The van der Waals surface area contributed by atoms with E-state index in [4.69, 9.17) is 9.84 Å². The second-order valence-corrected chi connectivity index (χ2v) is 9.33. The van der Waals surface area contributed by atoms with Gasteiger partial charge in [0.05, 0.1) is 24.9 Å². The molecule has 7 rings (SSSR count). The number of pyridine rings is 1. The van der Waals surface area contributed by atoms with Gasteiger partial charge in [-0.1, -0.05) is 57.2 Å². The average molecular weight is 451 g/mol. The average Bonchev–Trinajstić information content (AvgIpc) is 3.58. The number of hydrogen-bond acceptors (Lipinski definition) is 5. The Balaban J connectivity index is 0.000000279. The van der Waals surface area contributed by atoms with Crippen LogP contribution < -0.4 is 4.90 Å². The van der Waals surface area contributed by atoms with Gasteiger partial charge in [-0.2, -0.15) is 0 Å². The zero-order valence-corrected chi connectivity index (χ0v) is 19.8. The van der Waals surface area contributed by atoms with Gasteiger partial charge in [0.2, 0.25) is 0 Å². The third-order valence-electron chi connectivity index (χ3n) is 6.68. The fourth-order valence-electron chi connectivity index (χ4n) is 5.18. The zero-order chi connectivity index (χ0) is 23.5.